The summed E-state index contributed by atoms with van der Waals surface area (Å²) >= 11 is 0. The van der Waals surface area contributed by atoms with E-state index in [2.05, 4.69) is 5.32 Å². The minimum atomic E-state index is -0.733. The smallest absolute Gasteiger partial charge is 0.308 e. The Morgan fingerprint density at radius 1 is 1.12 bits per heavy atom. The molecule has 0 radical (unpaired) electrons. The third-order valence-electron chi connectivity index (χ3n) is 4.67. The molecule has 2 heterocycles. The van der Waals surface area contributed by atoms with Gasteiger partial charge < -0.3 is 24.6 Å². The van der Waals surface area contributed by atoms with Crippen LogP contribution in [0.15, 0.2) is 48.5 Å². The zero-order valence-electron chi connectivity index (χ0n) is 14.8. The van der Waals surface area contributed by atoms with Crippen LogP contribution in [0.25, 0.3) is 0 Å². The van der Waals surface area contributed by atoms with Gasteiger partial charge in [0.15, 0.2) is 11.5 Å². The first kappa shape index (κ1) is 18.1. The molecule has 6 heteroatoms. The molecule has 3 atom stereocenters. The number of para-hydroxylation sites is 2. The van der Waals surface area contributed by atoms with Gasteiger partial charge in [-0.1, -0.05) is 31.2 Å². The Bertz CT molecular complexity index is 723. The van der Waals surface area contributed by atoms with Gasteiger partial charge in [-0.25, -0.2) is 0 Å². The molecule has 0 aliphatic carbocycles. The molecule has 4 rings (SSSR count). The van der Waals surface area contributed by atoms with Crippen molar-refractivity contribution in [1.82, 2.24) is 5.32 Å². The number of carbonyl (C=O) groups is 1. The standard InChI is InChI=1S/C13H17NO3.C7H6O2/c1-8-7-14-12(11(8)13(15)16)9-3-5-10(17-2)6-4-9;1-2-4-7-6(3-1)8-5-9-7/h3-6,8,11-12,14H,7H2,1-2H3,(H,15,16);1-4H,5H2. The number of benzene rings is 2. The van der Waals surface area contributed by atoms with Crippen LogP contribution in [-0.4, -0.2) is 31.5 Å². The monoisotopic (exact) mass is 357 g/mol. The highest BCUT2D eigenvalue weighted by Gasteiger charge is 2.39. The molecule has 26 heavy (non-hydrogen) atoms. The van der Waals surface area contributed by atoms with Gasteiger partial charge in [0, 0.05) is 6.04 Å². The Labute approximate surface area is 152 Å². The van der Waals surface area contributed by atoms with Crippen LogP contribution in [-0.2, 0) is 4.79 Å². The van der Waals surface area contributed by atoms with Crippen LogP contribution in [0, 0.1) is 11.8 Å². The SMILES string of the molecule is COc1ccc(C2NCC(C)C2C(=O)O)cc1.c1ccc2c(c1)OCO2. The number of methoxy groups -OCH3 is 1. The van der Waals surface area contributed by atoms with E-state index in [9.17, 15) is 9.90 Å². The molecule has 0 bridgehead atoms. The second-order valence-corrected chi connectivity index (χ2v) is 6.35. The van der Waals surface area contributed by atoms with E-state index in [-0.39, 0.29) is 17.9 Å². The number of aliphatic carboxylic acids is 1. The molecule has 2 N–H and O–H groups in total. The van der Waals surface area contributed by atoms with Crippen molar-refractivity contribution in [3.63, 3.8) is 0 Å². The molecule has 0 saturated carbocycles. The Hall–Kier alpha value is -2.73. The predicted octanol–water partition coefficient (Wildman–Crippen LogP) is 3.09. The molecule has 2 aromatic carbocycles. The topological polar surface area (TPSA) is 77.0 Å². The summed E-state index contributed by atoms with van der Waals surface area (Å²) in [6.45, 7) is 3.07. The molecular weight excluding hydrogens is 334 g/mol. The highest BCUT2D eigenvalue weighted by molar-refractivity contribution is 5.72. The Balaban J connectivity index is 0.000000181. The lowest BCUT2D eigenvalue weighted by atomic mass is 9.88. The number of fused-ring (bicyclic) bond motifs is 1. The number of rotatable bonds is 3. The van der Waals surface area contributed by atoms with Crippen LogP contribution in [0.1, 0.15) is 18.5 Å². The van der Waals surface area contributed by atoms with Crippen LogP contribution in [0.2, 0.25) is 0 Å². The molecule has 0 amide bonds. The van der Waals surface area contributed by atoms with Crippen molar-refractivity contribution < 1.29 is 24.1 Å². The number of carboxylic acids is 1. The van der Waals surface area contributed by atoms with E-state index in [0.717, 1.165) is 29.4 Å². The molecule has 138 valence electrons. The number of hydrogen-bond donors (Lipinski definition) is 2. The quantitative estimate of drug-likeness (QED) is 0.879. The van der Waals surface area contributed by atoms with Gasteiger partial charge in [0.05, 0.1) is 13.0 Å². The Morgan fingerprint density at radius 2 is 1.73 bits per heavy atom. The van der Waals surface area contributed by atoms with Crippen LogP contribution in [0.3, 0.4) is 0 Å². The van der Waals surface area contributed by atoms with Crippen LogP contribution in [0.5, 0.6) is 17.2 Å². The van der Waals surface area contributed by atoms with E-state index < -0.39 is 5.97 Å². The summed E-state index contributed by atoms with van der Waals surface area (Å²) < 4.78 is 15.2. The zero-order valence-corrected chi connectivity index (χ0v) is 14.8. The fourth-order valence-electron chi connectivity index (χ4n) is 3.26. The number of nitrogens with one attached hydrogen (secondary N) is 1. The summed E-state index contributed by atoms with van der Waals surface area (Å²) in [7, 11) is 1.62. The van der Waals surface area contributed by atoms with E-state index in [1.807, 2.05) is 55.5 Å². The van der Waals surface area contributed by atoms with Gasteiger partial charge in [-0.05, 0) is 42.3 Å². The molecule has 0 aromatic heterocycles. The molecule has 2 aliphatic rings. The highest BCUT2D eigenvalue weighted by Crippen LogP contribution is 2.34. The molecule has 1 fully saturated rings. The van der Waals surface area contributed by atoms with Crippen molar-refractivity contribution in [3.05, 3.63) is 54.1 Å². The first-order valence-corrected chi connectivity index (χ1v) is 8.55. The van der Waals surface area contributed by atoms with Crippen LogP contribution < -0.4 is 19.5 Å². The van der Waals surface area contributed by atoms with E-state index >= 15 is 0 Å². The Kier molecular flexibility index (Phi) is 5.63. The minimum absolute atomic E-state index is 0.103. The number of hydrogen-bond acceptors (Lipinski definition) is 5. The number of ether oxygens (including phenoxy) is 3. The highest BCUT2D eigenvalue weighted by atomic mass is 16.7. The largest absolute Gasteiger partial charge is 0.497 e. The molecule has 2 aromatic rings. The van der Waals surface area contributed by atoms with Gasteiger partial charge in [-0.15, -0.1) is 0 Å². The zero-order chi connectivity index (χ0) is 18.5. The van der Waals surface area contributed by atoms with Gasteiger partial charge in [-0.3, -0.25) is 4.79 Å². The Morgan fingerprint density at radius 3 is 2.27 bits per heavy atom. The lowest BCUT2D eigenvalue weighted by Gasteiger charge is -2.18. The lowest BCUT2D eigenvalue weighted by Crippen LogP contribution is -2.25. The summed E-state index contributed by atoms with van der Waals surface area (Å²) in [6, 6.07) is 15.1. The summed E-state index contributed by atoms with van der Waals surface area (Å²) in [5.41, 5.74) is 1.00. The fraction of sp³-hybridized carbons (Fsp3) is 0.350. The summed E-state index contributed by atoms with van der Waals surface area (Å²) in [6.07, 6.45) is 0. The summed E-state index contributed by atoms with van der Waals surface area (Å²) in [5, 5.41) is 12.5. The maximum absolute atomic E-state index is 11.3. The van der Waals surface area contributed by atoms with Crippen molar-refractivity contribution in [2.24, 2.45) is 11.8 Å². The van der Waals surface area contributed by atoms with Crippen molar-refractivity contribution in [2.45, 2.75) is 13.0 Å². The molecular formula is C20H23NO5. The first-order chi connectivity index (χ1) is 12.6. The normalized spacial score (nSPS) is 23.1. The molecule has 1 saturated heterocycles. The summed E-state index contributed by atoms with van der Waals surface area (Å²) in [4.78, 5) is 11.3. The van der Waals surface area contributed by atoms with Crippen molar-refractivity contribution in [1.29, 1.82) is 0 Å². The van der Waals surface area contributed by atoms with Gasteiger partial charge in [0.25, 0.3) is 0 Å². The predicted molar refractivity (Wildman–Crippen MR) is 96.6 cm³/mol. The van der Waals surface area contributed by atoms with E-state index in [1.54, 1.807) is 7.11 Å². The second kappa shape index (κ2) is 8.10. The maximum atomic E-state index is 11.3. The molecule has 3 unspecified atom stereocenters. The first-order valence-electron chi connectivity index (χ1n) is 8.55. The van der Waals surface area contributed by atoms with Gasteiger partial charge >= 0.3 is 5.97 Å². The third-order valence-corrected chi connectivity index (χ3v) is 4.67. The van der Waals surface area contributed by atoms with Crippen molar-refractivity contribution in [2.75, 3.05) is 20.4 Å². The second-order valence-electron chi connectivity index (χ2n) is 6.35. The average Bonchev–Trinajstić information content (AvgIpc) is 3.28. The van der Waals surface area contributed by atoms with Gasteiger partial charge in [-0.2, -0.15) is 0 Å². The van der Waals surface area contributed by atoms with Crippen LogP contribution >= 0.6 is 0 Å². The molecule has 6 nitrogen and oxygen atoms in total. The van der Waals surface area contributed by atoms with E-state index in [4.69, 9.17) is 14.2 Å². The fourth-order valence-corrected chi connectivity index (χ4v) is 3.26. The minimum Gasteiger partial charge on any atom is -0.497 e. The third kappa shape index (κ3) is 3.91. The van der Waals surface area contributed by atoms with E-state index in [0.29, 0.717) is 6.79 Å². The number of carboxylic acid groups (broad SMARTS) is 1. The van der Waals surface area contributed by atoms with Gasteiger partial charge in [0.2, 0.25) is 6.79 Å². The molecule has 0 spiro atoms. The van der Waals surface area contributed by atoms with Gasteiger partial charge in [0.1, 0.15) is 5.75 Å². The molecule has 2 aliphatic heterocycles. The van der Waals surface area contributed by atoms with Crippen molar-refractivity contribution in [3.8, 4) is 17.2 Å². The van der Waals surface area contributed by atoms with E-state index in [1.165, 1.54) is 0 Å². The summed E-state index contributed by atoms with van der Waals surface area (Å²) in [5.74, 6) is 1.54. The average molecular weight is 357 g/mol. The maximum Gasteiger partial charge on any atom is 0.308 e. The van der Waals surface area contributed by atoms with Crippen molar-refractivity contribution >= 4 is 5.97 Å². The van der Waals surface area contributed by atoms with Crippen LogP contribution in [0.4, 0.5) is 0 Å². The lowest BCUT2D eigenvalue weighted by molar-refractivity contribution is -0.143.